The van der Waals surface area contributed by atoms with Crippen molar-refractivity contribution in [3.8, 4) is 11.5 Å². The van der Waals surface area contributed by atoms with Crippen LogP contribution in [-0.4, -0.2) is 40.6 Å². The summed E-state index contributed by atoms with van der Waals surface area (Å²) in [5.74, 6) is 1.70. The van der Waals surface area contributed by atoms with Gasteiger partial charge in [0.05, 0.1) is 13.2 Å². The first-order valence-corrected chi connectivity index (χ1v) is 8.35. The van der Waals surface area contributed by atoms with E-state index in [0.29, 0.717) is 26.4 Å². The van der Waals surface area contributed by atoms with E-state index in [0.717, 1.165) is 17.1 Å². The number of ether oxygens (including phenoxy) is 4. The maximum absolute atomic E-state index is 5.59. The molecule has 0 aromatic heterocycles. The topological polar surface area (TPSA) is 36.9 Å². The maximum atomic E-state index is 5.59. The summed E-state index contributed by atoms with van der Waals surface area (Å²) in [7, 11) is 3.33. The molecule has 0 amide bonds. The fourth-order valence-corrected chi connectivity index (χ4v) is 2.29. The average Bonchev–Trinajstić information content (AvgIpc) is 2.64. The number of rotatable bonds is 10. The van der Waals surface area contributed by atoms with E-state index >= 15 is 0 Å². The quantitative estimate of drug-likeness (QED) is 0.476. The second-order valence-corrected chi connectivity index (χ2v) is 5.60. The summed E-state index contributed by atoms with van der Waals surface area (Å²) in [4.78, 5) is 0. The Morgan fingerprint density at radius 1 is 0.720 bits per heavy atom. The highest BCUT2D eigenvalue weighted by Crippen LogP contribution is 2.22. The third-order valence-corrected chi connectivity index (χ3v) is 3.69. The van der Waals surface area contributed by atoms with Crippen molar-refractivity contribution in [2.24, 2.45) is 0 Å². The van der Waals surface area contributed by atoms with Crippen LogP contribution in [0.1, 0.15) is 18.1 Å². The minimum absolute atomic E-state index is 0.559. The van der Waals surface area contributed by atoms with Crippen molar-refractivity contribution in [3.05, 3.63) is 59.7 Å². The fraction of sp³-hybridized carbons (Fsp3) is 0.333. The van der Waals surface area contributed by atoms with Crippen LogP contribution >= 0.6 is 0 Å². The van der Waals surface area contributed by atoms with Gasteiger partial charge < -0.3 is 18.9 Å². The second-order valence-electron chi connectivity index (χ2n) is 5.60. The second kappa shape index (κ2) is 10.5. The van der Waals surface area contributed by atoms with Crippen LogP contribution in [0.15, 0.2) is 48.5 Å². The average molecular weight is 342 g/mol. The number of hydrogen-bond acceptors (Lipinski definition) is 4. The molecule has 0 N–H and O–H groups in total. The molecule has 0 saturated carbocycles. The minimum atomic E-state index is 0.559. The van der Waals surface area contributed by atoms with Crippen LogP contribution in [0.2, 0.25) is 0 Å². The van der Waals surface area contributed by atoms with Crippen LogP contribution in [0, 0.1) is 0 Å². The van der Waals surface area contributed by atoms with E-state index < -0.39 is 0 Å². The van der Waals surface area contributed by atoms with Crippen LogP contribution in [0.5, 0.6) is 11.5 Å². The Balaban J connectivity index is 1.95. The molecule has 0 aliphatic heterocycles. The summed E-state index contributed by atoms with van der Waals surface area (Å²) < 4.78 is 21.1. The zero-order valence-corrected chi connectivity index (χ0v) is 15.2. The summed E-state index contributed by atoms with van der Waals surface area (Å²) in [6, 6.07) is 16.1. The van der Waals surface area contributed by atoms with Crippen molar-refractivity contribution in [1.29, 1.82) is 0 Å². The third kappa shape index (κ3) is 6.61. The van der Waals surface area contributed by atoms with E-state index in [-0.39, 0.29) is 0 Å². The molecule has 0 atom stereocenters. The molecule has 0 bridgehead atoms. The van der Waals surface area contributed by atoms with Gasteiger partial charge in [0.2, 0.25) is 0 Å². The zero-order valence-electron chi connectivity index (χ0n) is 15.2. The summed E-state index contributed by atoms with van der Waals surface area (Å²) in [6.07, 6.45) is 2.15. The predicted molar refractivity (Wildman–Crippen MR) is 101 cm³/mol. The maximum Gasteiger partial charge on any atom is 0.119 e. The van der Waals surface area contributed by atoms with Gasteiger partial charge in [-0.25, -0.2) is 0 Å². The molecule has 4 nitrogen and oxygen atoms in total. The molecule has 25 heavy (non-hydrogen) atoms. The van der Waals surface area contributed by atoms with Crippen molar-refractivity contribution in [2.75, 3.05) is 40.6 Å². The van der Waals surface area contributed by atoms with Crippen LogP contribution in [-0.2, 0) is 9.47 Å². The molecule has 0 aliphatic carbocycles. The van der Waals surface area contributed by atoms with Gasteiger partial charge in [0, 0.05) is 14.2 Å². The van der Waals surface area contributed by atoms with Crippen molar-refractivity contribution in [3.63, 3.8) is 0 Å². The highest BCUT2D eigenvalue weighted by molar-refractivity contribution is 5.80. The molecule has 0 heterocycles. The SMILES string of the molecule is COCCOc1ccc(C=C(C)c2ccc(OCCOC)cc2)cc1. The predicted octanol–water partition coefficient (Wildman–Crippen LogP) is 4.30. The van der Waals surface area contributed by atoms with Gasteiger partial charge in [-0.2, -0.15) is 0 Å². The van der Waals surface area contributed by atoms with E-state index in [1.807, 2.05) is 36.4 Å². The molecule has 134 valence electrons. The zero-order chi connectivity index (χ0) is 17.9. The standard InChI is InChI=1S/C21H26O4/c1-17(19-6-10-21(11-7-19)25-15-13-23-3)16-18-4-8-20(9-5-18)24-14-12-22-2/h4-11,16H,12-15H2,1-3H3. The van der Waals surface area contributed by atoms with E-state index in [1.54, 1.807) is 14.2 Å². The monoisotopic (exact) mass is 342 g/mol. The third-order valence-electron chi connectivity index (χ3n) is 3.69. The lowest BCUT2D eigenvalue weighted by molar-refractivity contribution is 0.146. The Morgan fingerprint density at radius 3 is 1.68 bits per heavy atom. The van der Waals surface area contributed by atoms with Crippen molar-refractivity contribution in [1.82, 2.24) is 0 Å². The first kappa shape index (κ1) is 19.0. The van der Waals surface area contributed by atoms with Gasteiger partial charge in [-0.15, -0.1) is 0 Å². The van der Waals surface area contributed by atoms with Gasteiger partial charge in [-0.3, -0.25) is 0 Å². The number of allylic oxidation sites excluding steroid dienone is 1. The molecule has 2 aromatic carbocycles. The van der Waals surface area contributed by atoms with Gasteiger partial charge in [-0.1, -0.05) is 30.3 Å². The Hall–Kier alpha value is -2.30. The molecular weight excluding hydrogens is 316 g/mol. The first-order chi connectivity index (χ1) is 12.2. The van der Waals surface area contributed by atoms with E-state index in [9.17, 15) is 0 Å². The number of hydrogen-bond donors (Lipinski definition) is 0. The van der Waals surface area contributed by atoms with Gasteiger partial charge in [-0.05, 0) is 47.9 Å². The lowest BCUT2D eigenvalue weighted by atomic mass is 10.0. The Labute approximate surface area is 150 Å². The smallest absolute Gasteiger partial charge is 0.119 e. The van der Waals surface area contributed by atoms with E-state index in [1.165, 1.54) is 11.1 Å². The molecule has 0 radical (unpaired) electrons. The number of benzene rings is 2. The van der Waals surface area contributed by atoms with Gasteiger partial charge in [0.25, 0.3) is 0 Å². The lowest BCUT2D eigenvalue weighted by Gasteiger charge is -2.08. The van der Waals surface area contributed by atoms with Crippen LogP contribution < -0.4 is 9.47 Å². The molecule has 0 aliphatic rings. The summed E-state index contributed by atoms with van der Waals surface area (Å²) in [5.41, 5.74) is 3.49. The highest BCUT2D eigenvalue weighted by atomic mass is 16.5. The van der Waals surface area contributed by atoms with Crippen LogP contribution in [0.3, 0.4) is 0 Å². The molecule has 0 fully saturated rings. The van der Waals surface area contributed by atoms with E-state index in [2.05, 4.69) is 25.1 Å². The minimum Gasteiger partial charge on any atom is -0.491 e. The highest BCUT2D eigenvalue weighted by Gasteiger charge is 1.99. The Bertz CT molecular complexity index is 645. The number of methoxy groups -OCH3 is 2. The van der Waals surface area contributed by atoms with Crippen molar-refractivity contribution >= 4 is 11.6 Å². The van der Waals surface area contributed by atoms with E-state index in [4.69, 9.17) is 18.9 Å². The van der Waals surface area contributed by atoms with Crippen LogP contribution in [0.25, 0.3) is 11.6 Å². The molecule has 0 unspecified atom stereocenters. The molecule has 4 heteroatoms. The normalized spacial score (nSPS) is 11.4. The lowest BCUT2D eigenvalue weighted by Crippen LogP contribution is -2.04. The Kier molecular flexibility index (Phi) is 8.02. The summed E-state index contributed by atoms with van der Waals surface area (Å²) >= 11 is 0. The molecule has 2 aromatic rings. The molecular formula is C21H26O4. The molecule has 0 spiro atoms. The van der Waals surface area contributed by atoms with Crippen molar-refractivity contribution < 1.29 is 18.9 Å². The molecule has 0 saturated heterocycles. The van der Waals surface area contributed by atoms with Crippen LogP contribution in [0.4, 0.5) is 0 Å². The summed E-state index contributed by atoms with van der Waals surface area (Å²) in [6.45, 7) is 4.40. The summed E-state index contributed by atoms with van der Waals surface area (Å²) in [5, 5.41) is 0. The first-order valence-electron chi connectivity index (χ1n) is 8.35. The van der Waals surface area contributed by atoms with Gasteiger partial charge in [0.1, 0.15) is 24.7 Å². The Morgan fingerprint density at radius 2 is 1.20 bits per heavy atom. The van der Waals surface area contributed by atoms with Crippen molar-refractivity contribution in [2.45, 2.75) is 6.92 Å². The van der Waals surface area contributed by atoms with Gasteiger partial charge in [0.15, 0.2) is 0 Å². The van der Waals surface area contributed by atoms with Gasteiger partial charge >= 0.3 is 0 Å². The largest absolute Gasteiger partial charge is 0.491 e. The fourth-order valence-electron chi connectivity index (χ4n) is 2.29. The molecule has 2 rings (SSSR count).